The third kappa shape index (κ3) is 3.72. The first-order chi connectivity index (χ1) is 11.5. The van der Waals surface area contributed by atoms with Gasteiger partial charge < -0.3 is 11.1 Å². The zero-order valence-electron chi connectivity index (χ0n) is 12.9. The van der Waals surface area contributed by atoms with Crippen molar-refractivity contribution >= 4 is 34.7 Å². The Hall–Kier alpha value is -2.44. The Bertz CT molecular complexity index is 846. The molecule has 0 aliphatic heterocycles. The van der Waals surface area contributed by atoms with E-state index in [0.29, 0.717) is 5.82 Å². The van der Waals surface area contributed by atoms with Gasteiger partial charge in [0, 0.05) is 14.8 Å². The van der Waals surface area contributed by atoms with E-state index >= 15 is 0 Å². The van der Waals surface area contributed by atoms with Crippen LogP contribution in [0.3, 0.4) is 0 Å². The summed E-state index contributed by atoms with van der Waals surface area (Å²) in [5, 5.41) is 11.7. The zero-order valence-corrected chi connectivity index (χ0v) is 14.4. The van der Waals surface area contributed by atoms with E-state index in [0.717, 1.165) is 10.6 Å². The van der Waals surface area contributed by atoms with Crippen LogP contribution in [0.5, 0.6) is 0 Å². The number of anilines is 1. The number of benzene rings is 1. The van der Waals surface area contributed by atoms with Gasteiger partial charge in [-0.3, -0.25) is 4.79 Å². The van der Waals surface area contributed by atoms with E-state index in [1.54, 1.807) is 23.5 Å². The van der Waals surface area contributed by atoms with Crippen LogP contribution in [0.4, 0.5) is 5.82 Å². The molecule has 0 radical (unpaired) electrons. The van der Waals surface area contributed by atoms with Gasteiger partial charge in [-0.15, -0.1) is 21.5 Å². The number of carbonyl (C=O) groups is 1. The number of hydrogen-bond acceptors (Lipinski definition) is 5. The standard InChI is InChI=1S/C17H15ClN4OS/c1-10(20-16-9-6-13(17(19)23)21-22-16)14-7-8-15(24-14)11-2-4-12(18)5-3-11/h2-10H,1H3,(H2,19,23)(H,20,22). The molecule has 2 aromatic heterocycles. The number of nitrogens with one attached hydrogen (secondary N) is 1. The fourth-order valence-electron chi connectivity index (χ4n) is 2.19. The van der Waals surface area contributed by atoms with Crippen LogP contribution in [0.1, 0.15) is 28.3 Å². The van der Waals surface area contributed by atoms with Gasteiger partial charge in [0.15, 0.2) is 5.69 Å². The van der Waals surface area contributed by atoms with E-state index < -0.39 is 5.91 Å². The summed E-state index contributed by atoms with van der Waals surface area (Å²) in [6.07, 6.45) is 0. The molecule has 1 atom stereocenters. The predicted molar refractivity (Wildman–Crippen MR) is 97.4 cm³/mol. The van der Waals surface area contributed by atoms with E-state index in [-0.39, 0.29) is 11.7 Å². The third-order valence-corrected chi connectivity index (χ3v) is 5.03. The molecule has 7 heteroatoms. The molecule has 5 nitrogen and oxygen atoms in total. The van der Waals surface area contributed by atoms with Gasteiger partial charge in [-0.25, -0.2) is 0 Å². The van der Waals surface area contributed by atoms with Crippen molar-refractivity contribution in [2.75, 3.05) is 5.32 Å². The van der Waals surface area contributed by atoms with Crippen LogP contribution < -0.4 is 11.1 Å². The molecule has 0 bridgehead atoms. The molecule has 1 unspecified atom stereocenters. The summed E-state index contributed by atoms with van der Waals surface area (Å²) in [5.41, 5.74) is 6.44. The van der Waals surface area contributed by atoms with Gasteiger partial charge in [-0.2, -0.15) is 0 Å². The van der Waals surface area contributed by atoms with Crippen molar-refractivity contribution in [3.8, 4) is 10.4 Å². The average molecular weight is 359 g/mol. The molecular formula is C17H15ClN4OS. The molecule has 0 saturated heterocycles. The van der Waals surface area contributed by atoms with Gasteiger partial charge in [0.2, 0.25) is 0 Å². The maximum absolute atomic E-state index is 11.0. The highest BCUT2D eigenvalue weighted by molar-refractivity contribution is 7.15. The van der Waals surface area contributed by atoms with E-state index in [9.17, 15) is 4.79 Å². The second-order valence-electron chi connectivity index (χ2n) is 5.24. The minimum atomic E-state index is -0.590. The normalized spacial score (nSPS) is 11.9. The van der Waals surface area contributed by atoms with Gasteiger partial charge in [0.1, 0.15) is 5.82 Å². The van der Waals surface area contributed by atoms with Crippen molar-refractivity contribution in [3.05, 3.63) is 64.1 Å². The van der Waals surface area contributed by atoms with Crippen LogP contribution in [0.25, 0.3) is 10.4 Å². The summed E-state index contributed by atoms with van der Waals surface area (Å²) in [6.45, 7) is 2.04. The maximum Gasteiger partial charge on any atom is 0.269 e. The molecule has 0 fully saturated rings. The van der Waals surface area contributed by atoms with Crippen molar-refractivity contribution in [1.29, 1.82) is 0 Å². The first-order valence-corrected chi connectivity index (χ1v) is 8.48. The number of primary amides is 1. The lowest BCUT2D eigenvalue weighted by Gasteiger charge is -2.12. The molecular weight excluding hydrogens is 344 g/mol. The molecule has 1 amide bonds. The lowest BCUT2D eigenvalue weighted by Crippen LogP contribution is -2.14. The number of halogens is 1. The Morgan fingerprint density at radius 1 is 1.12 bits per heavy atom. The van der Waals surface area contributed by atoms with E-state index in [4.69, 9.17) is 17.3 Å². The molecule has 0 spiro atoms. The van der Waals surface area contributed by atoms with E-state index in [2.05, 4.69) is 27.6 Å². The average Bonchev–Trinajstić information content (AvgIpc) is 3.06. The molecule has 3 rings (SSSR count). The molecule has 0 aliphatic rings. The predicted octanol–water partition coefficient (Wildman–Crippen LogP) is 4.13. The van der Waals surface area contributed by atoms with Crippen LogP contribution in [-0.2, 0) is 0 Å². The molecule has 3 N–H and O–H groups in total. The number of carbonyl (C=O) groups excluding carboxylic acids is 1. The van der Waals surface area contributed by atoms with Crippen molar-refractivity contribution in [2.24, 2.45) is 5.73 Å². The van der Waals surface area contributed by atoms with Crippen molar-refractivity contribution < 1.29 is 4.79 Å². The smallest absolute Gasteiger partial charge is 0.269 e. The van der Waals surface area contributed by atoms with Gasteiger partial charge in [0.25, 0.3) is 5.91 Å². The first-order valence-electron chi connectivity index (χ1n) is 7.28. The number of nitrogens with zero attached hydrogens (tertiary/aromatic N) is 2. The lowest BCUT2D eigenvalue weighted by molar-refractivity contribution is 0.0994. The second kappa shape index (κ2) is 6.98. The number of amides is 1. The summed E-state index contributed by atoms with van der Waals surface area (Å²) in [7, 11) is 0. The summed E-state index contributed by atoms with van der Waals surface area (Å²) in [6, 6.07) is 15.2. The highest BCUT2D eigenvalue weighted by atomic mass is 35.5. The Morgan fingerprint density at radius 3 is 2.50 bits per heavy atom. The molecule has 3 aromatic rings. The monoisotopic (exact) mass is 358 g/mol. The summed E-state index contributed by atoms with van der Waals surface area (Å²) in [4.78, 5) is 13.3. The third-order valence-electron chi connectivity index (χ3n) is 3.46. The number of nitrogens with two attached hydrogens (primary N) is 1. The van der Waals surface area contributed by atoms with E-state index in [1.807, 2.05) is 31.2 Å². The number of aromatic nitrogens is 2. The van der Waals surface area contributed by atoms with Crippen LogP contribution in [-0.4, -0.2) is 16.1 Å². The summed E-state index contributed by atoms with van der Waals surface area (Å²) < 4.78 is 0. The zero-order chi connectivity index (χ0) is 17.1. The number of rotatable bonds is 5. The number of thiophene rings is 1. The van der Waals surface area contributed by atoms with Gasteiger partial charge in [0.05, 0.1) is 6.04 Å². The Kier molecular flexibility index (Phi) is 4.78. The van der Waals surface area contributed by atoms with Crippen molar-refractivity contribution in [2.45, 2.75) is 13.0 Å². The fraction of sp³-hybridized carbons (Fsp3) is 0.118. The Balaban J connectivity index is 1.72. The molecule has 0 aliphatic carbocycles. The first kappa shape index (κ1) is 16.4. The minimum absolute atomic E-state index is 0.0600. The Labute approximate surface area is 148 Å². The molecule has 122 valence electrons. The maximum atomic E-state index is 11.0. The molecule has 1 aromatic carbocycles. The SMILES string of the molecule is CC(Nc1ccc(C(N)=O)nn1)c1ccc(-c2ccc(Cl)cc2)s1. The Morgan fingerprint density at radius 2 is 1.88 bits per heavy atom. The second-order valence-corrected chi connectivity index (χ2v) is 6.79. The fourth-order valence-corrected chi connectivity index (χ4v) is 3.33. The van der Waals surface area contributed by atoms with Crippen molar-refractivity contribution in [1.82, 2.24) is 10.2 Å². The van der Waals surface area contributed by atoms with Gasteiger partial charge in [-0.1, -0.05) is 23.7 Å². The van der Waals surface area contributed by atoms with Gasteiger partial charge >= 0.3 is 0 Å². The lowest BCUT2D eigenvalue weighted by atomic mass is 10.2. The number of hydrogen-bond donors (Lipinski definition) is 2. The molecule has 2 heterocycles. The van der Waals surface area contributed by atoms with Gasteiger partial charge in [-0.05, 0) is 48.9 Å². The molecule has 0 saturated carbocycles. The van der Waals surface area contributed by atoms with Crippen LogP contribution in [0.2, 0.25) is 5.02 Å². The van der Waals surface area contributed by atoms with Crippen molar-refractivity contribution in [3.63, 3.8) is 0 Å². The summed E-state index contributed by atoms with van der Waals surface area (Å²) >= 11 is 7.63. The van der Waals surface area contributed by atoms with Crippen LogP contribution in [0.15, 0.2) is 48.5 Å². The quantitative estimate of drug-likeness (QED) is 0.718. The van der Waals surface area contributed by atoms with E-state index in [1.165, 1.54) is 9.75 Å². The minimum Gasteiger partial charge on any atom is -0.364 e. The highest BCUT2D eigenvalue weighted by Crippen LogP contribution is 2.32. The topological polar surface area (TPSA) is 80.9 Å². The highest BCUT2D eigenvalue weighted by Gasteiger charge is 2.11. The molecule has 24 heavy (non-hydrogen) atoms. The van der Waals surface area contributed by atoms with Crippen LogP contribution in [0, 0.1) is 0 Å². The summed E-state index contributed by atoms with van der Waals surface area (Å²) in [5.74, 6) is 0.00176. The largest absolute Gasteiger partial charge is 0.364 e. The van der Waals surface area contributed by atoms with Crippen LogP contribution >= 0.6 is 22.9 Å².